The number of aliphatic imine (C=N–C) groups is 1. The number of fused-ring (bicyclic) bond motifs is 1. The van der Waals surface area contributed by atoms with E-state index in [9.17, 15) is 5.11 Å². The monoisotopic (exact) mass is 356 g/mol. The van der Waals surface area contributed by atoms with Gasteiger partial charge in [-0.25, -0.2) is 0 Å². The van der Waals surface area contributed by atoms with Crippen LogP contribution in [0.25, 0.3) is 10.9 Å². The van der Waals surface area contributed by atoms with Gasteiger partial charge in [0, 0.05) is 35.2 Å². The lowest BCUT2D eigenvalue weighted by Gasteiger charge is -2.15. The van der Waals surface area contributed by atoms with Crippen LogP contribution in [0.15, 0.2) is 78.0 Å². The molecular weight excluding hydrogens is 336 g/mol. The second kappa shape index (κ2) is 7.33. The lowest BCUT2D eigenvalue weighted by Crippen LogP contribution is -2.06. The fourth-order valence-corrected chi connectivity index (χ4v) is 3.03. The number of H-pyrrole nitrogens is 1. The summed E-state index contributed by atoms with van der Waals surface area (Å²) in [6, 6.07) is 19.8. The number of nitrogens with one attached hydrogen (secondary N) is 2. The van der Waals surface area contributed by atoms with Gasteiger partial charge in [-0.2, -0.15) is 0 Å². The van der Waals surface area contributed by atoms with E-state index < -0.39 is 0 Å². The van der Waals surface area contributed by atoms with Gasteiger partial charge in [0.25, 0.3) is 0 Å². The van der Waals surface area contributed by atoms with E-state index in [0.29, 0.717) is 5.56 Å². The Morgan fingerprint density at radius 1 is 1.07 bits per heavy atom. The van der Waals surface area contributed by atoms with Gasteiger partial charge in [-0.1, -0.05) is 24.3 Å². The number of hydrogen-bond donors (Lipinski definition) is 3. The fraction of sp³-hybridized carbons (Fsp3) is 0.0909. The molecule has 5 nitrogen and oxygen atoms in total. The minimum Gasteiger partial charge on any atom is -0.494 e. The topological polar surface area (TPSA) is 73.3 Å². The average molecular weight is 356 g/mol. The first-order chi connectivity index (χ1) is 13.2. The van der Waals surface area contributed by atoms with Gasteiger partial charge in [0.15, 0.2) is 5.88 Å². The molecule has 0 spiro atoms. The molecule has 0 saturated carbocycles. The van der Waals surface area contributed by atoms with Crippen molar-refractivity contribution in [3.8, 4) is 5.88 Å². The molecule has 1 unspecified atom stereocenters. The van der Waals surface area contributed by atoms with Crippen molar-refractivity contribution < 1.29 is 5.11 Å². The molecule has 0 saturated heterocycles. The molecule has 0 fully saturated rings. The Morgan fingerprint density at radius 2 is 1.89 bits per heavy atom. The van der Waals surface area contributed by atoms with Crippen LogP contribution in [0.3, 0.4) is 0 Å². The van der Waals surface area contributed by atoms with Crippen LogP contribution in [0.4, 0.5) is 11.4 Å². The number of rotatable bonds is 5. The van der Waals surface area contributed by atoms with Crippen molar-refractivity contribution in [3.63, 3.8) is 0 Å². The third-order valence-corrected chi connectivity index (χ3v) is 4.50. The standard InChI is InChI=1S/C22H20N4O/c1-15(16-5-4-12-23-13-16)25-18-10-8-17(9-11-18)24-14-20-19-6-2-3-7-21(19)26-22(20)27/h2-15,25-27H,1H3. The zero-order chi connectivity index (χ0) is 18.6. The largest absolute Gasteiger partial charge is 0.494 e. The van der Waals surface area contributed by atoms with Gasteiger partial charge in [-0.15, -0.1) is 0 Å². The van der Waals surface area contributed by atoms with Gasteiger partial charge in [0.05, 0.1) is 17.3 Å². The van der Waals surface area contributed by atoms with E-state index in [1.807, 2.05) is 60.8 Å². The lowest BCUT2D eigenvalue weighted by molar-refractivity contribution is 0.457. The second-order valence-electron chi connectivity index (χ2n) is 6.39. The first-order valence-electron chi connectivity index (χ1n) is 8.81. The minimum atomic E-state index is 0.128. The van der Waals surface area contributed by atoms with Crippen molar-refractivity contribution >= 4 is 28.5 Å². The zero-order valence-corrected chi connectivity index (χ0v) is 14.9. The highest BCUT2D eigenvalue weighted by molar-refractivity contribution is 6.02. The average Bonchev–Trinajstić information content (AvgIpc) is 3.03. The molecule has 0 aliphatic carbocycles. The van der Waals surface area contributed by atoms with E-state index in [1.54, 1.807) is 12.4 Å². The molecule has 134 valence electrons. The Bertz CT molecular complexity index is 1070. The highest BCUT2D eigenvalue weighted by Crippen LogP contribution is 2.26. The molecule has 0 radical (unpaired) electrons. The van der Waals surface area contributed by atoms with Crippen molar-refractivity contribution in [2.45, 2.75) is 13.0 Å². The molecule has 3 N–H and O–H groups in total. The van der Waals surface area contributed by atoms with E-state index >= 15 is 0 Å². The predicted molar refractivity (Wildman–Crippen MR) is 110 cm³/mol. The molecular formula is C22H20N4O. The van der Waals surface area contributed by atoms with E-state index in [2.05, 4.69) is 33.3 Å². The highest BCUT2D eigenvalue weighted by atomic mass is 16.3. The summed E-state index contributed by atoms with van der Waals surface area (Å²) >= 11 is 0. The van der Waals surface area contributed by atoms with E-state index in [1.165, 1.54) is 0 Å². The molecule has 5 heteroatoms. The fourth-order valence-electron chi connectivity index (χ4n) is 3.03. The summed E-state index contributed by atoms with van der Waals surface area (Å²) in [5, 5.41) is 14.5. The molecule has 0 aliphatic heterocycles. The van der Waals surface area contributed by atoms with Crippen LogP contribution in [-0.2, 0) is 0 Å². The molecule has 0 aliphatic rings. The van der Waals surface area contributed by atoms with Crippen LogP contribution < -0.4 is 5.32 Å². The molecule has 2 aromatic heterocycles. The Morgan fingerprint density at radius 3 is 2.67 bits per heavy atom. The molecule has 27 heavy (non-hydrogen) atoms. The summed E-state index contributed by atoms with van der Waals surface area (Å²) in [6.07, 6.45) is 5.33. The van der Waals surface area contributed by atoms with Crippen molar-refractivity contribution in [2.75, 3.05) is 5.32 Å². The number of anilines is 1. The summed E-state index contributed by atoms with van der Waals surface area (Å²) in [7, 11) is 0. The number of aromatic hydroxyl groups is 1. The van der Waals surface area contributed by atoms with Crippen molar-refractivity contribution in [3.05, 3.63) is 84.2 Å². The third kappa shape index (κ3) is 3.67. The Hall–Kier alpha value is -3.60. The number of aromatic amines is 1. The van der Waals surface area contributed by atoms with Crippen molar-refractivity contribution in [1.82, 2.24) is 9.97 Å². The summed E-state index contributed by atoms with van der Waals surface area (Å²) < 4.78 is 0. The van der Waals surface area contributed by atoms with Gasteiger partial charge in [-0.3, -0.25) is 9.98 Å². The van der Waals surface area contributed by atoms with E-state index in [0.717, 1.165) is 27.8 Å². The van der Waals surface area contributed by atoms with Crippen molar-refractivity contribution in [2.24, 2.45) is 4.99 Å². The predicted octanol–water partition coefficient (Wildman–Crippen LogP) is 5.19. The van der Waals surface area contributed by atoms with Gasteiger partial charge >= 0.3 is 0 Å². The smallest absolute Gasteiger partial charge is 0.198 e. The minimum absolute atomic E-state index is 0.128. The zero-order valence-electron chi connectivity index (χ0n) is 14.9. The number of benzene rings is 2. The molecule has 0 amide bonds. The molecule has 4 rings (SSSR count). The van der Waals surface area contributed by atoms with Gasteiger partial charge in [0.1, 0.15) is 0 Å². The molecule has 1 atom stereocenters. The van der Waals surface area contributed by atoms with Gasteiger partial charge < -0.3 is 15.4 Å². The number of nitrogens with zero attached hydrogens (tertiary/aromatic N) is 2. The quantitative estimate of drug-likeness (QED) is 0.431. The maximum absolute atomic E-state index is 10.1. The highest BCUT2D eigenvalue weighted by Gasteiger charge is 2.08. The Labute approximate surface area is 157 Å². The third-order valence-electron chi connectivity index (χ3n) is 4.50. The normalized spacial score (nSPS) is 12.5. The summed E-state index contributed by atoms with van der Waals surface area (Å²) in [4.78, 5) is 11.6. The van der Waals surface area contributed by atoms with Crippen LogP contribution in [-0.4, -0.2) is 21.3 Å². The Kier molecular flexibility index (Phi) is 4.58. The van der Waals surface area contributed by atoms with Crippen molar-refractivity contribution in [1.29, 1.82) is 0 Å². The van der Waals surface area contributed by atoms with Crippen LogP contribution >= 0.6 is 0 Å². The molecule has 4 aromatic rings. The van der Waals surface area contributed by atoms with Crippen LogP contribution in [0.2, 0.25) is 0 Å². The van der Waals surface area contributed by atoms with Crippen LogP contribution in [0.1, 0.15) is 24.1 Å². The lowest BCUT2D eigenvalue weighted by atomic mass is 10.1. The summed E-state index contributed by atoms with van der Waals surface area (Å²) in [5.74, 6) is 0.128. The number of hydrogen-bond acceptors (Lipinski definition) is 4. The van der Waals surface area contributed by atoms with E-state index in [-0.39, 0.29) is 11.9 Å². The Balaban J connectivity index is 1.49. The van der Waals surface area contributed by atoms with Crippen LogP contribution in [0, 0.1) is 0 Å². The van der Waals surface area contributed by atoms with Crippen LogP contribution in [0.5, 0.6) is 5.88 Å². The summed E-state index contributed by atoms with van der Waals surface area (Å²) in [6.45, 7) is 2.10. The van der Waals surface area contributed by atoms with Gasteiger partial charge in [0.2, 0.25) is 0 Å². The maximum atomic E-state index is 10.1. The van der Waals surface area contributed by atoms with E-state index in [4.69, 9.17) is 0 Å². The maximum Gasteiger partial charge on any atom is 0.198 e. The second-order valence-corrected chi connectivity index (χ2v) is 6.39. The number of aromatic nitrogens is 2. The SMILES string of the molecule is CC(Nc1ccc(N=Cc2c(O)[nH]c3ccccc23)cc1)c1cccnc1. The first kappa shape index (κ1) is 16.8. The molecule has 2 aromatic carbocycles. The summed E-state index contributed by atoms with van der Waals surface area (Å²) in [5.41, 5.74) is 4.55. The molecule has 0 bridgehead atoms. The number of para-hydroxylation sites is 1. The van der Waals surface area contributed by atoms with Gasteiger partial charge in [-0.05, 0) is 48.9 Å². The first-order valence-corrected chi connectivity index (χ1v) is 8.81. The number of pyridine rings is 1. The molecule has 2 heterocycles.